The van der Waals surface area contributed by atoms with Crippen molar-refractivity contribution in [2.24, 2.45) is 0 Å². The number of anilines is 1. The van der Waals surface area contributed by atoms with Crippen LogP contribution < -0.4 is 16.4 Å². The van der Waals surface area contributed by atoms with Gasteiger partial charge in [0.05, 0.1) is 5.69 Å². The molecule has 0 bridgehead atoms. The summed E-state index contributed by atoms with van der Waals surface area (Å²) in [7, 11) is 0. The minimum Gasteiger partial charge on any atom is -0.397 e. The monoisotopic (exact) mass is 264 g/mol. The topological polar surface area (TPSA) is 89.2 Å². The second kappa shape index (κ2) is 5.77. The van der Waals surface area contributed by atoms with Gasteiger partial charge in [0.1, 0.15) is 5.69 Å². The first-order chi connectivity index (χ1) is 9.10. The van der Waals surface area contributed by atoms with Gasteiger partial charge in [0.15, 0.2) is 0 Å². The average molecular weight is 264 g/mol. The van der Waals surface area contributed by atoms with E-state index in [9.17, 15) is 9.59 Å². The highest BCUT2D eigenvalue weighted by Crippen LogP contribution is 2.12. The van der Waals surface area contributed by atoms with E-state index in [2.05, 4.69) is 17.6 Å². The lowest BCUT2D eigenvalue weighted by atomic mass is 10.1. The maximum atomic E-state index is 12.2. The first kappa shape index (κ1) is 13.5. The normalized spacial score (nSPS) is 19.0. The summed E-state index contributed by atoms with van der Waals surface area (Å²) in [5.41, 5.74) is 6.91. The fraction of sp³-hybridized carbons (Fsp3) is 0.538. The number of nitrogens with two attached hydrogens (primary N) is 1. The van der Waals surface area contributed by atoms with Gasteiger partial charge in [0.25, 0.3) is 5.91 Å². The number of amides is 2. The third kappa shape index (κ3) is 3.27. The Kier molecular flexibility index (Phi) is 4.09. The van der Waals surface area contributed by atoms with E-state index in [0.29, 0.717) is 30.8 Å². The van der Waals surface area contributed by atoms with Gasteiger partial charge in [-0.25, -0.2) is 0 Å². The summed E-state index contributed by atoms with van der Waals surface area (Å²) in [5.74, 6) is -0.0876. The van der Waals surface area contributed by atoms with Crippen molar-refractivity contribution in [3.05, 3.63) is 18.0 Å². The molecule has 1 aromatic rings. The molecule has 104 valence electrons. The molecule has 1 aromatic heterocycles. The average Bonchev–Trinajstić information content (AvgIpc) is 2.74. The molecule has 19 heavy (non-hydrogen) atoms. The molecule has 2 rings (SSSR count). The zero-order valence-electron chi connectivity index (χ0n) is 11.1. The molecule has 0 aliphatic carbocycles. The highest BCUT2D eigenvalue weighted by atomic mass is 16.2. The molecule has 1 atom stereocenters. The first-order valence-electron chi connectivity index (χ1n) is 6.63. The van der Waals surface area contributed by atoms with Gasteiger partial charge in [0.2, 0.25) is 5.91 Å². The molecule has 4 N–H and O–H groups in total. The molecular weight excluding hydrogens is 244 g/mol. The summed E-state index contributed by atoms with van der Waals surface area (Å²) >= 11 is 0. The Morgan fingerprint density at radius 2 is 2.42 bits per heavy atom. The number of piperidine rings is 1. The maximum absolute atomic E-state index is 12.2. The molecule has 1 saturated heterocycles. The standard InChI is InChI=1S/C13H20N4O2/c1-2-5-17-8-9(14)6-11(17)13(19)16-10-3-4-12(18)15-7-10/h6,8,10H,2-5,7,14H2,1H3,(H,15,18)(H,16,19). The number of hydrogen-bond acceptors (Lipinski definition) is 3. The molecule has 6 heteroatoms. The zero-order chi connectivity index (χ0) is 13.8. The van der Waals surface area contributed by atoms with Gasteiger partial charge in [-0.3, -0.25) is 9.59 Å². The Balaban J connectivity index is 2.01. The molecule has 6 nitrogen and oxygen atoms in total. The van der Waals surface area contributed by atoms with Gasteiger partial charge in [-0.1, -0.05) is 6.92 Å². The summed E-state index contributed by atoms with van der Waals surface area (Å²) in [6.45, 7) is 3.31. The summed E-state index contributed by atoms with van der Waals surface area (Å²) in [4.78, 5) is 23.3. The van der Waals surface area contributed by atoms with Gasteiger partial charge in [-0.15, -0.1) is 0 Å². The molecular formula is C13H20N4O2. The molecule has 1 aliphatic rings. The molecule has 0 radical (unpaired) electrons. The zero-order valence-corrected chi connectivity index (χ0v) is 11.1. The Hall–Kier alpha value is -1.98. The molecule has 1 fully saturated rings. The summed E-state index contributed by atoms with van der Waals surface area (Å²) < 4.78 is 1.87. The van der Waals surface area contributed by atoms with Crippen LogP contribution in [0.15, 0.2) is 12.3 Å². The van der Waals surface area contributed by atoms with Crippen molar-refractivity contribution in [2.45, 2.75) is 38.8 Å². The van der Waals surface area contributed by atoms with E-state index in [4.69, 9.17) is 5.73 Å². The van der Waals surface area contributed by atoms with E-state index >= 15 is 0 Å². The third-order valence-corrected chi connectivity index (χ3v) is 3.22. The molecule has 1 unspecified atom stereocenters. The van der Waals surface area contributed by atoms with Crippen LogP contribution in [-0.4, -0.2) is 29.0 Å². The van der Waals surface area contributed by atoms with Crippen LogP contribution >= 0.6 is 0 Å². The van der Waals surface area contributed by atoms with Crippen molar-refractivity contribution in [1.82, 2.24) is 15.2 Å². The fourth-order valence-electron chi connectivity index (χ4n) is 2.26. The van der Waals surface area contributed by atoms with Crippen molar-refractivity contribution >= 4 is 17.5 Å². The Morgan fingerprint density at radius 3 is 3.05 bits per heavy atom. The SMILES string of the molecule is CCCn1cc(N)cc1C(=O)NC1CCC(=O)NC1. The summed E-state index contributed by atoms with van der Waals surface area (Å²) in [5, 5.41) is 5.69. The van der Waals surface area contributed by atoms with Crippen molar-refractivity contribution in [3.63, 3.8) is 0 Å². The van der Waals surface area contributed by atoms with Crippen molar-refractivity contribution in [2.75, 3.05) is 12.3 Å². The van der Waals surface area contributed by atoms with Gasteiger partial charge >= 0.3 is 0 Å². The van der Waals surface area contributed by atoms with Crippen LogP contribution in [0.5, 0.6) is 0 Å². The summed E-state index contributed by atoms with van der Waals surface area (Å²) in [6, 6.07) is 1.68. The van der Waals surface area contributed by atoms with Crippen LogP contribution in [0.2, 0.25) is 0 Å². The van der Waals surface area contributed by atoms with Crippen LogP contribution in [0.4, 0.5) is 5.69 Å². The molecule has 0 saturated carbocycles. The predicted octanol–water partition coefficient (Wildman–Crippen LogP) is 0.489. The van der Waals surface area contributed by atoms with Crippen LogP contribution in [0.25, 0.3) is 0 Å². The molecule has 0 aromatic carbocycles. The van der Waals surface area contributed by atoms with Gasteiger partial charge < -0.3 is 20.9 Å². The van der Waals surface area contributed by atoms with E-state index in [1.54, 1.807) is 12.3 Å². The maximum Gasteiger partial charge on any atom is 0.268 e. The van der Waals surface area contributed by atoms with E-state index in [-0.39, 0.29) is 17.9 Å². The smallest absolute Gasteiger partial charge is 0.268 e. The second-order valence-corrected chi connectivity index (χ2v) is 4.87. The summed E-state index contributed by atoms with van der Waals surface area (Å²) in [6.07, 6.45) is 3.86. The molecule has 2 heterocycles. The van der Waals surface area contributed by atoms with Crippen LogP contribution in [-0.2, 0) is 11.3 Å². The first-order valence-corrected chi connectivity index (χ1v) is 6.63. The molecule has 1 aliphatic heterocycles. The quantitative estimate of drug-likeness (QED) is 0.739. The number of nitrogens with one attached hydrogen (secondary N) is 2. The van der Waals surface area contributed by atoms with E-state index < -0.39 is 0 Å². The van der Waals surface area contributed by atoms with Crippen molar-refractivity contribution in [3.8, 4) is 0 Å². The lowest BCUT2D eigenvalue weighted by Crippen LogP contribution is -2.48. The van der Waals surface area contributed by atoms with Crippen molar-refractivity contribution < 1.29 is 9.59 Å². The highest BCUT2D eigenvalue weighted by Gasteiger charge is 2.21. The second-order valence-electron chi connectivity index (χ2n) is 4.87. The highest BCUT2D eigenvalue weighted by molar-refractivity contribution is 5.94. The van der Waals surface area contributed by atoms with Gasteiger partial charge in [-0.05, 0) is 18.9 Å². The Labute approximate surface area is 112 Å². The van der Waals surface area contributed by atoms with Crippen LogP contribution in [0, 0.1) is 0 Å². The Morgan fingerprint density at radius 1 is 1.63 bits per heavy atom. The van der Waals surface area contributed by atoms with E-state index in [0.717, 1.165) is 13.0 Å². The fourth-order valence-corrected chi connectivity index (χ4v) is 2.26. The van der Waals surface area contributed by atoms with Crippen LogP contribution in [0.3, 0.4) is 0 Å². The lowest BCUT2D eigenvalue weighted by Gasteiger charge is -2.23. The number of rotatable bonds is 4. The number of hydrogen-bond donors (Lipinski definition) is 3. The number of nitrogens with zero attached hydrogens (tertiary/aromatic N) is 1. The van der Waals surface area contributed by atoms with Gasteiger partial charge in [0, 0.05) is 31.7 Å². The minimum atomic E-state index is -0.133. The number of aryl methyl sites for hydroxylation is 1. The molecule has 0 spiro atoms. The third-order valence-electron chi connectivity index (χ3n) is 3.22. The largest absolute Gasteiger partial charge is 0.397 e. The minimum absolute atomic E-state index is 0.00333. The predicted molar refractivity (Wildman–Crippen MR) is 72.6 cm³/mol. The number of nitrogen functional groups attached to an aromatic ring is 1. The van der Waals surface area contributed by atoms with Gasteiger partial charge in [-0.2, -0.15) is 0 Å². The van der Waals surface area contributed by atoms with E-state index in [1.165, 1.54) is 0 Å². The lowest BCUT2D eigenvalue weighted by molar-refractivity contribution is -0.122. The van der Waals surface area contributed by atoms with Crippen molar-refractivity contribution in [1.29, 1.82) is 0 Å². The van der Waals surface area contributed by atoms with Crippen LogP contribution in [0.1, 0.15) is 36.7 Å². The number of aromatic nitrogens is 1. The number of carbonyl (C=O) groups is 2. The number of carbonyl (C=O) groups excluding carboxylic acids is 2. The molecule has 2 amide bonds. The Bertz CT molecular complexity index is 471. The van der Waals surface area contributed by atoms with E-state index in [1.807, 2.05) is 4.57 Å².